The number of benzene rings is 1. The Kier molecular flexibility index (Phi) is 6.27. The molecule has 0 saturated heterocycles. The number of likely N-dealkylation sites (N-methyl/N-ethyl adjacent to an activating group) is 1. The number of hydrogen-bond acceptors (Lipinski definition) is 3. The van der Waals surface area contributed by atoms with Crippen LogP contribution < -0.4 is 10.6 Å². The molecule has 0 radical (unpaired) electrons. The van der Waals surface area contributed by atoms with Crippen LogP contribution in [-0.4, -0.2) is 41.9 Å². The lowest BCUT2D eigenvalue weighted by molar-refractivity contribution is -0.125. The minimum Gasteiger partial charge on any atom is -0.350 e. The normalized spacial score (nSPS) is 12.9. The molecule has 0 aliphatic rings. The van der Waals surface area contributed by atoms with E-state index in [1.54, 1.807) is 31.9 Å². The first-order valence-electron chi connectivity index (χ1n) is 7.58. The standard InChI is InChI=1S/C17H26FN3O2/c1-11-7-8-14(13(18)9-11)19-16(23)12(2)21(6)10-15(22)20-17(3,4)5/h7-9,12H,10H2,1-6H3,(H,19,23)(H,20,22). The van der Waals surface area contributed by atoms with Crippen LogP contribution in [0.2, 0.25) is 0 Å². The third-order valence-corrected chi connectivity index (χ3v) is 3.33. The van der Waals surface area contributed by atoms with E-state index in [0.29, 0.717) is 0 Å². The maximum atomic E-state index is 13.8. The zero-order valence-electron chi connectivity index (χ0n) is 14.7. The van der Waals surface area contributed by atoms with Gasteiger partial charge in [0.25, 0.3) is 0 Å². The molecule has 5 nitrogen and oxygen atoms in total. The lowest BCUT2D eigenvalue weighted by Gasteiger charge is -2.26. The molecular weight excluding hydrogens is 297 g/mol. The molecule has 0 aliphatic heterocycles. The van der Waals surface area contributed by atoms with Crippen LogP contribution >= 0.6 is 0 Å². The largest absolute Gasteiger partial charge is 0.350 e. The molecule has 128 valence electrons. The summed E-state index contributed by atoms with van der Waals surface area (Å²) < 4.78 is 13.8. The van der Waals surface area contributed by atoms with E-state index in [1.807, 2.05) is 20.8 Å². The van der Waals surface area contributed by atoms with E-state index >= 15 is 0 Å². The number of anilines is 1. The highest BCUT2D eigenvalue weighted by molar-refractivity contribution is 5.95. The van der Waals surface area contributed by atoms with Gasteiger partial charge in [0.1, 0.15) is 5.82 Å². The van der Waals surface area contributed by atoms with Gasteiger partial charge in [-0.2, -0.15) is 0 Å². The van der Waals surface area contributed by atoms with E-state index in [0.717, 1.165) is 5.56 Å². The van der Waals surface area contributed by atoms with Gasteiger partial charge in [-0.3, -0.25) is 14.5 Å². The topological polar surface area (TPSA) is 61.4 Å². The highest BCUT2D eigenvalue weighted by Crippen LogP contribution is 2.16. The molecule has 1 unspecified atom stereocenters. The van der Waals surface area contributed by atoms with Gasteiger partial charge in [-0.1, -0.05) is 6.07 Å². The van der Waals surface area contributed by atoms with Crippen molar-refractivity contribution in [2.75, 3.05) is 18.9 Å². The van der Waals surface area contributed by atoms with E-state index in [1.165, 1.54) is 12.1 Å². The number of nitrogens with zero attached hydrogens (tertiary/aromatic N) is 1. The van der Waals surface area contributed by atoms with Gasteiger partial charge in [-0.25, -0.2) is 4.39 Å². The van der Waals surface area contributed by atoms with E-state index in [9.17, 15) is 14.0 Å². The van der Waals surface area contributed by atoms with Crippen molar-refractivity contribution in [2.45, 2.75) is 46.2 Å². The summed E-state index contributed by atoms with van der Waals surface area (Å²) in [4.78, 5) is 25.7. The summed E-state index contributed by atoms with van der Waals surface area (Å²) >= 11 is 0. The first-order chi connectivity index (χ1) is 10.5. The van der Waals surface area contributed by atoms with Crippen molar-refractivity contribution in [2.24, 2.45) is 0 Å². The number of amides is 2. The third-order valence-electron chi connectivity index (χ3n) is 3.33. The van der Waals surface area contributed by atoms with Gasteiger partial charge >= 0.3 is 0 Å². The fourth-order valence-electron chi connectivity index (χ4n) is 1.98. The molecule has 23 heavy (non-hydrogen) atoms. The lowest BCUT2D eigenvalue weighted by atomic mass is 10.1. The summed E-state index contributed by atoms with van der Waals surface area (Å²) in [6, 6.07) is 4.05. The van der Waals surface area contributed by atoms with E-state index < -0.39 is 11.9 Å². The molecule has 0 aliphatic carbocycles. The molecule has 1 rings (SSSR count). The Balaban J connectivity index is 2.63. The number of hydrogen-bond donors (Lipinski definition) is 2. The average Bonchev–Trinajstić information content (AvgIpc) is 2.38. The molecule has 0 bridgehead atoms. The van der Waals surface area contributed by atoms with Crippen LogP contribution in [0.15, 0.2) is 18.2 Å². The van der Waals surface area contributed by atoms with E-state index in [4.69, 9.17) is 0 Å². The molecule has 1 atom stereocenters. The minimum atomic E-state index is -0.568. The Labute approximate surface area is 137 Å². The first kappa shape index (κ1) is 19.1. The second kappa shape index (κ2) is 7.55. The van der Waals surface area contributed by atoms with Crippen LogP contribution in [-0.2, 0) is 9.59 Å². The quantitative estimate of drug-likeness (QED) is 0.874. The smallest absolute Gasteiger partial charge is 0.241 e. The van der Waals surface area contributed by atoms with Crippen molar-refractivity contribution in [3.63, 3.8) is 0 Å². The number of carbonyl (C=O) groups is 2. The molecule has 0 fully saturated rings. The minimum absolute atomic E-state index is 0.0856. The molecule has 0 aromatic heterocycles. The second-order valence-electron chi connectivity index (χ2n) is 6.86. The highest BCUT2D eigenvalue weighted by Gasteiger charge is 2.22. The fourth-order valence-corrected chi connectivity index (χ4v) is 1.98. The van der Waals surface area contributed by atoms with Crippen LogP contribution in [0.25, 0.3) is 0 Å². The predicted molar refractivity (Wildman–Crippen MR) is 89.8 cm³/mol. The van der Waals surface area contributed by atoms with Gasteiger partial charge in [-0.05, 0) is 59.4 Å². The average molecular weight is 323 g/mol. The third kappa shape index (κ3) is 6.36. The number of nitrogens with one attached hydrogen (secondary N) is 2. The maximum absolute atomic E-state index is 13.8. The summed E-state index contributed by atoms with van der Waals surface area (Å²) in [5.74, 6) is -1.00. The summed E-state index contributed by atoms with van der Waals surface area (Å²) in [6.07, 6.45) is 0. The highest BCUT2D eigenvalue weighted by atomic mass is 19.1. The monoisotopic (exact) mass is 323 g/mol. The second-order valence-corrected chi connectivity index (χ2v) is 6.86. The number of halogens is 1. The molecule has 0 heterocycles. The van der Waals surface area contributed by atoms with Gasteiger partial charge in [-0.15, -0.1) is 0 Å². The molecule has 2 amide bonds. The van der Waals surface area contributed by atoms with Crippen molar-refractivity contribution < 1.29 is 14.0 Å². The Morgan fingerprint density at radius 2 is 1.91 bits per heavy atom. The summed E-state index contributed by atoms with van der Waals surface area (Å²) in [5, 5.41) is 5.39. The van der Waals surface area contributed by atoms with Crippen LogP contribution in [0.1, 0.15) is 33.3 Å². The van der Waals surface area contributed by atoms with E-state index in [2.05, 4.69) is 10.6 Å². The van der Waals surface area contributed by atoms with Crippen molar-refractivity contribution >= 4 is 17.5 Å². The summed E-state index contributed by atoms with van der Waals surface area (Å²) in [7, 11) is 1.68. The maximum Gasteiger partial charge on any atom is 0.241 e. The zero-order chi connectivity index (χ0) is 17.8. The number of carbonyl (C=O) groups excluding carboxylic acids is 2. The Morgan fingerprint density at radius 1 is 1.30 bits per heavy atom. The number of rotatable bonds is 5. The van der Waals surface area contributed by atoms with Crippen LogP contribution in [0.4, 0.5) is 10.1 Å². The van der Waals surface area contributed by atoms with Crippen molar-refractivity contribution in [3.8, 4) is 0 Å². The van der Waals surface area contributed by atoms with Crippen LogP contribution in [0.5, 0.6) is 0 Å². The molecule has 1 aromatic carbocycles. The molecular formula is C17H26FN3O2. The molecule has 0 saturated carbocycles. The van der Waals surface area contributed by atoms with Crippen molar-refractivity contribution in [3.05, 3.63) is 29.6 Å². The van der Waals surface area contributed by atoms with Gasteiger partial charge in [0.2, 0.25) is 11.8 Å². The van der Waals surface area contributed by atoms with Gasteiger partial charge < -0.3 is 10.6 Å². The Hall–Kier alpha value is -1.95. The summed E-state index contributed by atoms with van der Waals surface area (Å²) in [6.45, 7) is 9.20. The molecule has 2 N–H and O–H groups in total. The number of aryl methyl sites for hydroxylation is 1. The van der Waals surface area contributed by atoms with Gasteiger partial charge in [0.15, 0.2) is 0 Å². The Bertz CT molecular complexity index is 582. The zero-order valence-corrected chi connectivity index (χ0v) is 14.7. The SMILES string of the molecule is Cc1ccc(NC(=O)C(C)N(C)CC(=O)NC(C)(C)C)c(F)c1. The van der Waals surface area contributed by atoms with E-state index in [-0.39, 0.29) is 29.6 Å². The summed E-state index contributed by atoms with van der Waals surface area (Å²) in [5.41, 5.74) is 0.596. The van der Waals surface area contributed by atoms with Gasteiger partial charge in [0, 0.05) is 5.54 Å². The van der Waals surface area contributed by atoms with Crippen LogP contribution in [0.3, 0.4) is 0 Å². The fraction of sp³-hybridized carbons (Fsp3) is 0.529. The van der Waals surface area contributed by atoms with Crippen molar-refractivity contribution in [1.82, 2.24) is 10.2 Å². The molecule has 6 heteroatoms. The molecule has 0 spiro atoms. The predicted octanol–water partition coefficient (Wildman–Crippen LogP) is 2.31. The molecule has 1 aromatic rings. The van der Waals surface area contributed by atoms with Crippen LogP contribution in [0, 0.1) is 12.7 Å². The Morgan fingerprint density at radius 3 is 2.43 bits per heavy atom. The first-order valence-corrected chi connectivity index (χ1v) is 7.58. The lowest BCUT2D eigenvalue weighted by Crippen LogP contribution is -2.49. The van der Waals surface area contributed by atoms with Crippen molar-refractivity contribution in [1.29, 1.82) is 0 Å². The van der Waals surface area contributed by atoms with Gasteiger partial charge in [0.05, 0.1) is 18.3 Å².